The molecular formula is C16H15ClN4OS. The molecule has 0 radical (unpaired) electrons. The first kappa shape index (κ1) is 15.9. The zero-order valence-electron chi connectivity index (χ0n) is 12.5. The van der Waals surface area contributed by atoms with Crippen LogP contribution in [0.3, 0.4) is 0 Å². The van der Waals surface area contributed by atoms with Gasteiger partial charge in [0.15, 0.2) is 11.6 Å². The smallest absolute Gasteiger partial charge is 0.183 e. The Morgan fingerprint density at radius 1 is 1.17 bits per heavy atom. The Hall–Kier alpha value is -2.02. The summed E-state index contributed by atoms with van der Waals surface area (Å²) in [5, 5.41) is 20.5. The fraction of sp³-hybridized carbons (Fsp3) is 0.188. The summed E-state index contributed by atoms with van der Waals surface area (Å²) in [6, 6.07) is 11.3. The standard InChI is InChI=1S/C16H15ClN4OS/c1-21(8-9-22)16-14(13-3-2-10-23-13)19-20-15(18-16)11-4-6-12(17)7-5-11/h2-7,10,22H,8-9H2,1H3. The number of anilines is 1. The molecule has 0 saturated heterocycles. The van der Waals surface area contributed by atoms with Crippen molar-refractivity contribution in [2.45, 2.75) is 0 Å². The third-order valence-corrected chi connectivity index (χ3v) is 4.45. The number of aromatic nitrogens is 3. The number of halogens is 1. The van der Waals surface area contributed by atoms with Gasteiger partial charge in [-0.1, -0.05) is 17.7 Å². The Labute approximate surface area is 143 Å². The van der Waals surface area contributed by atoms with Crippen LogP contribution in [-0.4, -0.2) is 40.5 Å². The van der Waals surface area contributed by atoms with E-state index in [1.165, 1.54) is 0 Å². The first-order valence-corrected chi connectivity index (χ1v) is 8.31. The molecule has 0 bridgehead atoms. The van der Waals surface area contributed by atoms with Crippen molar-refractivity contribution in [2.75, 3.05) is 25.1 Å². The van der Waals surface area contributed by atoms with Crippen LogP contribution < -0.4 is 4.90 Å². The molecule has 1 N–H and O–H groups in total. The average molecular weight is 347 g/mol. The van der Waals surface area contributed by atoms with E-state index in [1.54, 1.807) is 23.5 Å². The molecule has 3 rings (SSSR count). The van der Waals surface area contributed by atoms with Gasteiger partial charge < -0.3 is 10.0 Å². The highest BCUT2D eigenvalue weighted by Gasteiger charge is 2.16. The van der Waals surface area contributed by atoms with E-state index in [0.717, 1.165) is 10.4 Å². The Balaban J connectivity index is 2.07. The maximum absolute atomic E-state index is 9.22. The number of aliphatic hydroxyl groups excluding tert-OH is 1. The number of benzene rings is 1. The summed E-state index contributed by atoms with van der Waals surface area (Å²) in [4.78, 5) is 7.52. The molecule has 7 heteroatoms. The number of thiophene rings is 1. The Morgan fingerprint density at radius 2 is 1.96 bits per heavy atom. The van der Waals surface area contributed by atoms with Crippen molar-refractivity contribution in [1.29, 1.82) is 0 Å². The normalized spacial score (nSPS) is 10.7. The van der Waals surface area contributed by atoms with Crippen molar-refractivity contribution in [3.63, 3.8) is 0 Å². The zero-order valence-corrected chi connectivity index (χ0v) is 14.1. The summed E-state index contributed by atoms with van der Waals surface area (Å²) in [5.41, 5.74) is 1.56. The van der Waals surface area contributed by atoms with Crippen LogP contribution in [0.1, 0.15) is 0 Å². The summed E-state index contributed by atoms with van der Waals surface area (Å²) in [6.45, 7) is 0.512. The fourth-order valence-corrected chi connectivity index (χ4v) is 2.96. The lowest BCUT2D eigenvalue weighted by Gasteiger charge is -2.19. The molecule has 0 fully saturated rings. The minimum Gasteiger partial charge on any atom is -0.395 e. The van der Waals surface area contributed by atoms with Gasteiger partial charge >= 0.3 is 0 Å². The number of hydrogen-bond acceptors (Lipinski definition) is 6. The Morgan fingerprint density at radius 3 is 2.61 bits per heavy atom. The van der Waals surface area contributed by atoms with Crippen LogP contribution in [0, 0.1) is 0 Å². The Bertz CT molecular complexity index is 777. The monoisotopic (exact) mass is 346 g/mol. The van der Waals surface area contributed by atoms with Gasteiger partial charge in [0.1, 0.15) is 5.69 Å². The van der Waals surface area contributed by atoms with Gasteiger partial charge in [0.05, 0.1) is 11.5 Å². The van der Waals surface area contributed by atoms with Crippen molar-refractivity contribution < 1.29 is 5.11 Å². The van der Waals surface area contributed by atoms with Gasteiger partial charge in [-0.25, -0.2) is 4.98 Å². The van der Waals surface area contributed by atoms with E-state index in [9.17, 15) is 5.11 Å². The number of nitrogens with zero attached hydrogens (tertiary/aromatic N) is 4. The van der Waals surface area contributed by atoms with Gasteiger partial charge in [-0.05, 0) is 35.7 Å². The molecule has 0 atom stereocenters. The minimum absolute atomic E-state index is 0.0423. The van der Waals surface area contributed by atoms with Crippen LogP contribution in [0.4, 0.5) is 5.82 Å². The molecule has 0 spiro atoms. The number of rotatable bonds is 5. The van der Waals surface area contributed by atoms with E-state index >= 15 is 0 Å². The predicted molar refractivity (Wildman–Crippen MR) is 93.9 cm³/mol. The second-order valence-corrected chi connectivity index (χ2v) is 6.32. The van der Waals surface area contributed by atoms with Gasteiger partial charge in [0.25, 0.3) is 0 Å². The SMILES string of the molecule is CN(CCO)c1nc(-c2ccc(Cl)cc2)nnc1-c1cccs1. The quantitative estimate of drug-likeness (QED) is 0.767. The summed E-state index contributed by atoms with van der Waals surface area (Å²) in [6.07, 6.45) is 0. The van der Waals surface area contributed by atoms with Gasteiger partial charge in [-0.2, -0.15) is 0 Å². The van der Waals surface area contributed by atoms with Crippen LogP contribution in [0.5, 0.6) is 0 Å². The maximum Gasteiger partial charge on any atom is 0.183 e. The molecule has 0 unspecified atom stereocenters. The molecule has 2 aromatic heterocycles. The van der Waals surface area contributed by atoms with Gasteiger partial charge in [0.2, 0.25) is 0 Å². The molecule has 1 aromatic carbocycles. The molecule has 2 heterocycles. The van der Waals surface area contributed by atoms with Crippen molar-refractivity contribution in [3.8, 4) is 22.0 Å². The van der Waals surface area contributed by atoms with Crippen LogP contribution in [0.25, 0.3) is 22.0 Å². The van der Waals surface area contributed by atoms with Crippen LogP contribution >= 0.6 is 22.9 Å². The van der Waals surface area contributed by atoms with Crippen molar-refractivity contribution in [2.24, 2.45) is 0 Å². The Kier molecular flexibility index (Phi) is 4.85. The second kappa shape index (κ2) is 7.04. The average Bonchev–Trinajstić information content (AvgIpc) is 3.09. The van der Waals surface area contributed by atoms with Gasteiger partial charge in [-0.3, -0.25) is 0 Å². The molecule has 0 amide bonds. The van der Waals surface area contributed by atoms with Crippen LogP contribution in [0.15, 0.2) is 41.8 Å². The highest BCUT2D eigenvalue weighted by molar-refractivity contribution is 7.13. The predicted octanol–water partition coefficient (Wildman–Crippen LogP) is 3.35. The highest BCUT2D eigenvalue weighted by Crippen LogP contribution is 2.31. The van der Waals surface area contributed by atoms with E-state index in [0.29, 0.717) is 28.9 Å². The molecule has 118 valence electrons. The van der Waals surface area contributed by atoms with Crippen molar-refractivity contribution >= 4 is 28.8 Å². The van der Waals surface area contributed by atoms with Crippen molar-refractivity contribution in [1.82, 2.24) is 15.2 Å². The second-order valence-electron chi connectivity index (χ2n) is 4.94. The topological polar surface area (TPSA) is 62.1 Å². The largest absolute Gasteiger partial charge is 0.395 e. The zero-order chi connectivity index (χ0) is 16.2. The summed E-state index contributed by atoms with van der Waals surface area (Å²) >= 11 is 7.50. The molecule has 0 aliphatic carbocycles. The van der Waals surface area contributed by atoms with Gasteiger partial charge in [-0.15, -0.1) is 21.5 Å². The molecular weight excluding hydrogens is 332 g/mol. The summed E-state index contributed by atoms with van der Waals surface area (Å²) < 4.78 is 0. The molecule has 0 aliphatic rings. The third kappa shape index (κ3) is 3.50. The van der Waals surface area contributed by atoms with Crippen molar-refractivity contribution in [3.05, 3.63) is 46.8 Å². The molecule has 0 saturated carbocycles. The molecule has 5 nitrogen and oxygen atoms in total. The number of aliphatic hydroxyl groups is 1. The van der Waals surface area contributed by atoms with Crippen LogP contribution in [0.2, 0.25) is 5.02 Å². The fourth-order valence-electron chi connectivity index (χ4n) is 2.13. The maximum atomic E-state index is 9.22. The lowest BCUT2D eigenvalue weighted by molar-refractivity contribution is 0.304. The summed E-state index contributed by atoms with van der Waals surface area (Å²) in [5.74, 6) is 1.23. The number of hydrogen-bond donors (Lipinski definition) is 1. The van der Waals surface area contributed by atoms with E-state index < -0.39 is 0 Å². The lowest BCUT2D eigenvalue weighted by Crippen LogP contribution is -2.23. The highest BCUT2D eigenvalue weighted by atomic mass is 35.5. The summed E-state index contributed by atoms with van der Waals surface area (Å²) in [7, 11) is 1.88. The molecule has 23 heavy (non-hydrogen) atoms. The third-order valence-electron chi connectivity index (χ3n) is 3.32. The lowest BCUT2D eigenvalue weighted by atomic mass is 10.2. The molecule has 0 aliphatic heterocycles. The van der Waals surface area contributed by atoms with E-state index in [1.807, 2.05) is 41.6 Å². The van der Waals surface area contributed by atoms with E-state index in [4.69, 9.17) is 11.6 Å². The van der Waals surface area contributed by atoms with E-state index in [-0.39, 0.29) is 6.61 Å². The van der Waals surface area contributed by atoms with Gasteiger partial charge in [0, 0.05) is 24.2 Å². The number of likely N-dealkylation sites (N-methyl/N-ethyl adjacent to an activating group) is 1. The molecule has 3 aromatic rings. The van der Waals surface area contributed by atoms with Crippen LogP contribution in [-0.2, 0) is 0 Å². The minimum atomic E-state index is 0.0423. The first-order valence-electron chi connectivity index (χ1n) is 7.05. The first-order chi connectivity index (χ1) is 11.2. The van der Waals surface area contributed by atoms with E-state index in [2.05, 4.69) is 15.2 Å².